The highest BCUT2D eigenvalue weighted by Gasteiger charge is 2.56. The van der Waals surface area contributed by atoms with E-state index in [0.717, 1.165) is 5.56 Å². The van der Waals surface area contributed by atoms with E-state index in [1.165, 1.54) is 7.11 Å². The molecule has 0 aliphatic heterocycles. The highest BCUT2D eigenvalue weighted by atomic mass is 35.5. The van der Waals surface area contributed by atoms with Crippen molar-refractivity contribution in [3.05, 3.63) is 58.6 Å². The van der Waals surface area contributed by atoms with Crippen LogP contribution in [0.25, 0.3) is 0 Å². The van der Waals surface area contributed by atoms with Crippen molar-refractivity contribution in [2.45, 2.75) is 19.8 Å². The smallest absolute Gasteiger partial charge is 0.339 e. The van der Waals surface area contributed by atoms with Crippen molar-refractivity contribution in [3.8, 4) is 0 Å². The zero-order chi connectivity index (χ0) is 19.6. The van der Waals surface area contributed by atoms with Crippen molar-refractivity contribution in [3.63, 3.8) is 0 Å². The first-order valence-corrected chi connectivity index (χ1v) is 8.82. The monoisotopic (exact) mass is 386 g/mol. The number of amides is 2. The average Bonchev–Trinajstić information content (AvgIpc) is 3.47. The zero-order valence-corrected chi connectivity index (χ0v) is 15.7. The van der Waals surface area contributed by atoms with Crippen molar-refractivity contribution < 1.29 is 19.1 Å². The van der Waals surface area contributed by atoms with Crippen LogP contribution in [0.3, 0.4) is 0 Å². The minimum atomic E-state index is -1.15. The lowest BCUT2D eigenvalue weighted by molar-refractivity contribution is -0.131. The molecule has 0 radical (unpaired) electrons. The maximum atomic E-state index is 12.8. The first-order chi connectivity index (χ1) is 12.9. The van der Waals surface area contributed by atoms with E-state index in [0.29, 0.717) is 29.2 Å². The van der Waals surface area contributed by atoms with Crippen LogP contribution in [-0.4, -0.2) is 24.9 Å². The van der Waals surface area contributed by atoms with Gasteiger partial charge in [0.1, 0.15) is 5.41 Å². The molecule has 0 bridgehead atoms. The van der Waals surface area contributed by atoms with Crippen LogP contribution < -0.4 is 10.6 Å². The number of halogens is 1. The molecule has 1 fully saturated rings. The molecule has 0 spiro atoms. The van der Waals surface area contributed by atoms with Gasteiger partial charge in [-0.05, 0) is 49.6 Å². The molecule has 0 atom stereocenters. The standard InChI is InChI=1S/C20H19ClN2O4/c1-12-14(21)7-5-9-15(12)22-18(25)20(10-11-20)19(26)23-16-8-4-3-6-13(16)17(24)27-2/h3-9H,10-11H2,1-2H3,(H,22,25)(H,23,26). The number of carbonyl (C=O) groups excluding carboxylic acids is 3. The van der Waals surface area contributed by atoms with Gasteiger partial charge in [0.15, 0.2) is 0 Å². The maximum Gasteiger partial charge on any atom is 0.339 e. The van der Waals surface area contributed by atoms with Gasteiger partial charge in [-0.1, -0.05) is 29.8 Å². The quantitative estimate of drug-likeness (QED) is 0.604. The Morgan fingerprint density at radius 2 is 1.56 bits per heavy atom. The Kier molecular flexibility index (Phi) is 5.19. The predicted octanol–water partition coefficient (Wildman–Crippen LogP) is 3.79. The summed E-state index contributed by atoms with van der Waals surface area (Å²) in [5.74, 6) is -1.40. The summed E-state index contributed by atoms with van der Waals surface area (Å²) < 4.78 is 4.73. The highest BCUT2D eigenvalue weighted by molar-refractivity contribution is 6.32. The lowest BCUT2D eigenvalue weighted by Crippen LogP contribution is -2.36. The van der Waals surface area contributed by atoms with E-state index in [1.54, 1.807) is 49.4 Å². The fourth-order valence-electron chi connectivity index (χ4n) is 2.79. The number of benzene rings is 2. The third-order valence-corrected chi connectivity index (χ3v) is 5.13. The van der Waals surface area contributed by atoms with Gasteiger partial charge in [-0.2, -0.15) is 0 Å². The Balaban J connectivity index is 1.78. The SMILES string of the molecule is COC(=O)c1ccccc1NC(=O)C1(C(=O)Nc2cccc(Cl)c2C)CC1. The summed E-state index contributed by atoms with van der Waals surface area (Å²) in [5, 5.41) is 6.02. The summed E-state index contributed by atoms with van der Waals surface area (Å²) in [5.41, 5.74) is 0.696. The van der Waals surface area contributed by atoms with Gasteiger partial charge < -0.3 is 15.4 Å². The van der Waals surface area contributed by atoms with E-state index in [2.05, 4.69) is 10.6 Å². The van der Waals surface area contributed by atoms with E-state index >= 15 is 0 Å². The lowest BCUT2D eigenvalue weighted by Gasteiger charge is -2.17. The molecule has 0 unspecified atom stereocenters. The summed E-state index contributed by atoms with van der Waals surface area (Å²) in [6.07, 6.45) is 0.870. The topological polar surface area (TPSA) is 84.5 Å². The fourth-order valence-corrected chi connectivity index (χ4v) is 2.96. The Labute approximate surface area is 161 Å². The van der Waals surface area contributed by atoms with E-state index < -0.39 is 17.3 Å². The molecule has 1 aliphatic rings. The molecule has 7 heteroatoms. The summed E-state index contributed by atoms with van der Waals surface area (Å²) in [4.78, 5) is 37.4. The molecular weight excluding hydrogens is 368 g/mol. The second-order valence-corrected chi connectivity index (χ2v) is 6.85. The number of hydrogen-bond acceptors (Lipinski definition) is 4. The van der Waals surface area contributed by atoms with Crippen molar-refractivity contribution in [2.75, 3.05) is 17.7 Å². The number of hydrogen-bond donors (Lipinski definition) is 2. The molecule has 0 saturated heterocycles. The molecule has 2 aromatic carbocycles. The molecule has 1 saturated carbocycles. The van der Waals surface area contributed by atoms with Crippen LogP contribution in [0.15, 0.2) is 42.5 Å². The minimum Gasteiger partial charge on any atom is -0.465 e. The Bertz CT molecular complexity index is 922. The average molecular weight is 387 g/mol. The predicted molar refractivity (Wildman–Crippen MR) is 103 cm³/mol. The van der Waals surface area contributed by atoms with E-state index in [9.17, 15) is 14.4 Å². The van der Waals surface area contributed by atoms with Crippen molar-refractivity contribution in [1.82, 2.24) is 0 Å². The van der Waals surface area contributed by atoms with Gasteiger partial charge in [0, 0.05) is 10.7 Å². The molecule has 140 valence electrons. The number of methoxy groups -OCH3 is 1. The lowest BCUT2D eigenvalue weighted by atomic mass is 10.0. The molecule has 2 aromatic rings. The molecule has 27 heavy (non-hydrogen) atoms. The number of para-hydroxylation sites is 1. The van der Waals surface area contributed by atoms with Crippen LogP contribution in [0, 0.1) is 12.3 Å². The molecule has 1 aliphatic carbocycles. The van der Waals surface area contributed by atoms with E-state index in [1.807, 2.05) is 0 Å². The molecule has 6 nitrogen and oxygen atoms in total. The first kappa shape index (κ1) is 18.9. The number of anilines is 2. The maximum absolute atomic E-state index is 12.8. The molecule has 0 aromatic heterocycles. The Hall–Kier alpha value is -2.86. The Morgan fingerprint density at radius 3 is 2.19 bits per heavy atom. The van der Waals surface area contributed by atoms with Crippen LogP contribution in [-0.2, 0) is 14.3 Å². The van der Waals surface area contributed by atoms with Gasteiger partial charge in [-0.3, -0.25) is 9.59 Å². The number of nitrogens with one attached hydrogen (secondary N) is 2. The van der Waals surface area contributed by atoms with Gasteiger partial charge in [-0.25, -0.2) is 4.79 Å². The summed E-state index contributed by atoms with van der Waals surface area (Å²) in [6, 6.07) is 11.7. The summed E-state index contributed by atoms with van der Waals surface area (Å²) in [6.45, 7) is 1.80. The third kappa shape index (κ3) is 3.66. The highest BCUT2D eigenvalue weighted by Crippen LogP contribution is 2.48. The van der Waals surface area contributed by atoms with E-state index in [-0.39, 0.29) is 11.5 Å². The third-order valence-electron chi connectivity index (χ3n) is 4.72. The fraction of sp³-hybridized carbons (Fsp3) is 0.250. The number of ether oxygens (including phenoxy) is 1. The van der Waals surface area contributed by atoms with Gasteiger partial charge in [-0.15, -0.1) is 0 Å². The summed E-state index contributed by atoms with van der Waals surface area (Å²) >= 11 is 6.08. The number of rotatable bonds is 5. The normalized spacial score (nSPS) is 14.2. The van der Waals surface area contributed by atoms with Crippen LogP contribution in [0.2, 0.25) is 5.02 Å². The molecule has 3 rings (SSSR count). The van der Waals surface area contributed by atoms with Gasteiger partial charge in [0.05, 0.1) is 18.4 Å². The second-order valence-electron chi connectivity index (χ2n) is 6.44. The molecule has 2 amide bonds. The van der Waals surface area contributed by atoms with Crippen molar-refractivity contribution in [2.24, 2.45) is 5.41 Å². The van der Waals surface area contributed by atoms with Crippen molar-refractivity contribution >= 4 is 40.8 Å². The zero-order valence-electron chi connectivity index (χ0n) is 15.0. The van der Waals surface area contributed by atoms with Crippen LogP contribution >= 0.6 is 11.6 Å². The Morgan fingerprint density at radius 1 is 0.963 bits per heavy atom. The largest absolute Gasteiger partial charge is 0.465 e. The van der Waals surface area contributed by atoms with Crippen LogP contribution in [0.5, 0.6) is 0 Å². The van der Waals surface area contributed by atoms with Gasteiger partial charge in [0.25, 0.3) is 0 Å². The number of esters is 1. The summed E-state index contributed by atoms with van der Waals surface area (Å²) in [7, 11) is 1.27. The molecule has 2 N–H and O–H groups in total. The molecule has 0 heterocycles. The van der Waals surface area contributed by atoms with Crippen LogP contribution in [0.4, 0.5) is 11.4 Å². The number of carbonyl (C=O) groups is 3. The minimum absolute atomic E-state index is 0.232. The van der Waals surface area contributed by atoms with Gasteiger partial charge in [0.2, 0.25) is 11.8 Å². The van der Waals surface area contributed by atoms with Crippen molar-refractivity contribution in [1.29, 1.82) is 0 Å². The van der Waals surface area contributed by atoms with E-state index in [4.69, 9.17) is 16.3 Å². The second kappa shape index (κ2) is 7.40. The van der Waals surface area contributed by atoms with Crippen LogP contribution in [0.1, 0.15) is 28.8 Å². The van der Waals surface area contributed by atoms with Gasteiger partial charge >= 0.3 is 5.97 Å². The first-order valence-electron chi connectivity index (χ1n) is 8.44. The molecular formula is C20H19ClN2O4.